The molecule has 3 heterocycles. The van der Waals surface area contributed by atoms with Crippen molar-refractivity contribution in [3.05, 3.63) is 42.6 Å². The van der Waals surface area contributed by atoms with Crippen LogP contribution in [0, 0.1) is 0 Å². The molecule has 8 heteroatoms. The molecular formula is C16H18N6O2. The Morgan fingerprint density at radius 3 is 2.92 bits per heavy atom. The zero-order valence-corrected chi connectivity index (χ0v) is 13.1. The van der Waals surface area contributed by atoms with Crippen LogP contribution in [0.1, 0.15) is 24.6 Å². The van der Waals surface area contributed by atoms with Gasteiger partial charge in [0, 0.05) is 18.5 Å². The van der Waals surface area contributed by atoms with Crippen LogP contribution in [0.25, 0.3) is 11.0 Å². The first-order chi connectivity index (χ1) is 11.8. The Kier molecular flexibility index (Phi) is 3.86. The van der Waals surface area contributed by atoms with Gasteiger partial charge in [0.15, 0.2) is 5.58 Å². The number of piperidine rings is 1. The first-order valence-electron chi connectivity index (χ1n) is 8.01. The van der Waals surface area contributed by atoms with Crippen molar-refractivity contribution in [1.29, 1.82) is 0 Å². The van der Waals surface area contributed by atoms with E-state index < -0.39 is 0 Å². The molecule has 2 amide bonds. The largest absolute Gasteiger partial charge is 0.356 e. The Morgan fingerprint density at radius 1 is 1.29 bits per heavy atom. The molecule has 124 valence electrons. The van der Waals surface area contributed by atoms with E-state index in [-0.39, 0.29) is 6.03 Å². The van der Waals surface area contributed by atoms with Gasteiger partial charge < -0.3 is 14.7 Å². The van der Waals surface area contributed by atoms with Crippen LogP contribution >= 0.6 is 0 Å². The van der Waals surface area contributed by atoms with Gasteiger partial charge in [-0.3, -0.25) is 0 Å². The molecule has 0 unspecified atom stereocenters. The summed E-state index contributed by atoms with van der Waals surface area (Å²) in [5, 5.41) is 12.1. The highest BCUT2D eigenvalue weighted by Gasteiger charge is 2.24. The van der Waals surface area contributed by atoms with Crippen molar-refractivity contribution in [1.82, 2.24) is 30.1 Å². The maximum Gasteiger partial charge on any atom is 0.317 e. The quantitative estimate of drug-likeness (QED) is 0.795. The molecule has 0 radical (unpaired) electrons. The van der Waals surface area contributed by atoms with E-state index in [1.807, 2.05) is 33.8 Å². The number of carbonyl (C=O) groups excluding carboxylic acids is 1. The maximum absolute atomic E-state index is 12.3. The summed E-state index contributed by atoms with van der Waals surface area (Å²) < 4.78 is 7.12. The maximum atomic E-state index is 12.3. The van der Waals surface area contributed by atoms with E-state index in [0.717, 1.165) is 29.5 Å². The molecule has 4 rings (SSSR count). The summed E-state index contributed by atoms with van der Waals surface area (Å²) in [7, 11) is 0. The summed E-state index contributed by atoms with van der Waals surface area (Å²) in [6, 6.07) is 7.88. The first kappa shape index (κ1) is 14.7. The second kappa shape index (κ2) is 6.31. The van der Waals surface area contributed by atoms with Crippen molar-refractivity contribution < 1.29 is 9.32 Å². The summed E-state index contributed by atoms with van der Waals surface area (Å²) in [5.41, 5.74) is 1.48. The van der Waals surface area contributed by atoms with Crippen LogP contribution in [0.3, 0.4) is 0 Å². The van der Waals surface area contributed by atoms with E-state index in [1.54, 1.807) is 12.7 Å². The third kappa shape index (κ3) is 2.82. The number of aromatic nitrogens is 4. The number of benzene rings is 1. The van der Waals surface area contributed by atoms with Crippen molar-refractivity contribution in [2.24, 2.45) is 0 Å². The third-order valence-electron chi connectivity index (χ3n) is 4.42. The van der Waals surface area contributed by atoms with Gasteiger partial charge in [-0.15, -0.1) is 0 Å². The van der Waals surface area contributed by atoms with Crippen LogP contribution < -0.4 is 5.32 Å². The number of nitrogens with zero attached hydrogens (tertiary/aromatic N) is 5. The minimum absolute atomic E-state index is 0.0703. The summed E-state index contributed by atoms with van der Waals surface area (Å²) in [4.78, 5) is 18.2. The van der Waals surface area contributed by atoms with Gasteiger partial charge in [0.25, 0.3) is 0 Å². The first-order valence-corrected chi connectivity index (χ1v) is 8.01. The standard InChI is InChI=1S/C16H18N6O2/c23-16(18-9-14-13-3-1-2-4-15(13)24-20-14)21-7-5-12(6-8-21)22-11-17-10-19-22/h1-4,10-12H,5-9H2,(H,18,23). The van der Waals surface area contributed by atoms with Gasteiger partial charge >= 0.3 is 6.03 Å². The fraction of sp³-hybridized carbons (Fsp3) is 0.375. The molecule has 1 fully saturated rings. The molecule has 0 atom stereocenters. The summed E-state index contributed by atoms with van der Waals surface area (Å²) >= 11 is 0. The van der Waals surface area contributed by atoms with Crippen LogP contribution in [-0.2, 0) is 6.54 Å². The van der Waals surface area contributed by atoms with Crippen LogP contribution in [0.4, 0.5) is 4.79 Å². The summed E-state index contributed by atoms with van der Waals surface area (Å²) in [6.07, 6.45) is 5.03. The Hall–Kier alpha value is -2.90. The van der Waals surface area contributed by atoms with Crippen LogP contribution in [-0.4, -0.2) is 43.9 Å². The van der Waals surface area contributed by atoms with Gasteiger partial charge in [0.2, 0.25) is 0 Å². The molecule has 1 aliphatic rings. The second-order valence-electron chi connectivity index (χ2n) is 5.88. The van der Waals surface area contributed by atoms with E-state index in [9.17, 15) is 4.79 Å². The molecule has 8 nitrogen and oxygen atoms in total. The lowest BCUT2D eigenvalue weighted by atomic mass is 10.1. The summed E-state index contributed by atoms with van der Waals surface area (Å²) in [5.74, 6) is 0. The minimum Gasteiger partial charge on any atom is -0.356 e. The molecule has 0 aliphatic carbocycles. The molecule has 1 aromatic carbocycles. The van der Waals surface area contributed by atoms with Crippen molar-refractivity contribution >= 4 is 17.0 Å². The average Bonchev–Trinajstić information content (AvgIpc) is 3.30. The molecule has 2 aromatic heterocycles. The van der Waals surface area contributed by atoms with Gasteiger partial charge in [0.1, 0.15) is 18.3 Å². The van der Waals surface area contributed by atoms with Gasteiger partial charge in [-0.2, -0.15) is 5.10 Å². The zero-order valence-electron chi connectivity index (χ0n) is 13.1. The number of hydrogen-bond donors (Lipinski definition) is 1. The minimum atomic E-state index is -0.0703. The average molecular weight is 326 g/mol. The number of rotatable bonds is 3. The molecule has 0 spiro atoms. The number of carbonyl (C=O) groups is 1. The Balaban J connectivity index is 1.32. The lowest BCUT2D eigenvalue weighted by Gasteiger charge is -2.31. The lowest BCUT2D eigenvalue weighted by Crippen LogP contribution is -2.44. The topological polar surface area (TPSA) is 89.1 Å². The number of nitrogens with one attached hydrogen (secondary N) is 1. The number of urea groups is 1. The van der Waals surface area contributed by atoms with Crippen LogP contribution in [0.15, 0.2) is 41.4 Å². The normalized spacial score (nSPS) is 15.8. The van der Waals surface area contributed by atoms with Crippen molar-refractivity contribution in [3.63, 3.8) is 0 Å². The number of amides is 2. The predicted molar refractivity (Wildman–Crippen MR) is 86.1 cm³/mol. The molecule has 1 saturated heterocycles. The second-order valence-corrected chi connectivity index (χ2v) is 5.88. The van der Waals surface area contributed by atoms with E-state index >= 15 is 0 Å². The molecule has 3 aromatic rings. The lowest BCUT2D eigenvalue weighted by molar-refractivity contribution is 0.168. The molecule has 24 heavy (non-hydrogen) atoms. The number of para-hydroxylation sites is 1. The Morgan fingerprint density at radius 2 is 2.12 bits per heavy atom. The van der Waals surface area contributed by atoms with Gasteiger partial charge in [0.05, 0.1) is 12.6 Å². The van der Waals surface area contributed by atoms with E-state index in [4.69, 9.17) is 4.52 Å². The fourth-order valence-electron chi connectivity index (χ4n) is 3.08. The van der Waals surface area contributed by atoms with E-state index in [0.29, 0.717) is 25.7 Å². The van der Waals surface area contributed by atoms with Crippen molar-refractivity contribution in [2.75, 3.05) is 13.1 Å². The molecular weight excluding hydrogens is 308 g/mol. The van der Waals surface area contributed by atoms with E-state index in [1.165, 1.54) is 0 Å². The number of fused-ring (bicyclic) bond motifs is 1. The highest BCUT2D eigenvalue weighted by atomic mass is 16.5. The van der Waals surface area contributed by atoms with Crippen LogP contribution in [0.5, 0.6) is 0 Å². The zero-order chi connectivity index (χ0) is 16.4. The SMILES string of the molecule is O=C(NCc1noc2ccccc12)N1CCC(n2cncn2)CC1. The fourth-order valence-corrected chi connectivity index (χ4v) is 3.08. The molecule has 1 N–H and O–H groups in total. The Bertz CT molecular complexity index is 820. The highest BCUT2D eigenvalue weighted by molar-refractivity contribution is 5.80. The molecule has 0 saturated carbocycles. The monoisotopic (exact) mass is 326 g/mol. The smallest absolute Gasteiger partial charge is 0.317 e. The number of hydrogen-bond acceptors (Lipinski definition) is 5. The number of likely N-dealkylation sites (tertiary alicyclic amines) is 1. The van der Waals surface area contributed by atoms with E-state index in [2.05, 4.69) is 20.6 Å². The van der Waals surface area contributed by atoms with Gasteiger partial charge in [-0.05, 0) is 25.0 Å². The Labute approximate surface area is 138 Å². The third-order valence-corrected chi connectivity index (χ3v) is 4.42. The molecule has 0 bridgehead atoms. The van der Waals surface area contributed by atoms with Crippen molar-refractivity contribution in [2.45, 2.75) is 25.4 Å². The highest BCUT2D eigenvalue weighted by Crippen LogP contribution is 2.21. The van der Waals surface area contributed by atoms with Gasteiger partial charge in [-0.25, -0.2) is 14.5 Å². The summed E-state index contributed by atoms with van der Waals surface area (Å²) in [6.45, 7) is 1.77. The molecule has 1 aliphatic heterocycles. The predicted octanol–water partition coefficient (Wildman–Crippen LogP) is 1.97. The van der Waals surface area contributed by atoms with Gasteiger partial charge in [-0.1, -0.05) is 17.3 Å². The van der Waals surface area contributed by atoms with Crippen molar-refractivity contribution in [3.8, 4) is 0 Å². The van der Waals surface area contributed by atoms with Crippen LogP contribution in [0.2, 0.25) is 0 Å².